The SMILES string of the molecule is COC[C@@H](OC(=O)[C@H](C)NC(=O)c1nccc(OC)c1O)[C@H](Oc1ccccc1)C(C)C. The Morgan fingerprint density at radius 2 is 1.78 bits per heavy atom. The first-order valence-electron chi connectivity index (χ1n) is 10.2. The molecule has 0 aliphatic carbocycles. The Bertz CT molecular complexity index is 889. The van der Waals surface area contributed by atoms with E-state index >= 15 is 0 Å². The minimum absolute atomic E-state index is 0.00554. The lowest BCUT2D eigenvalue weighted by Gasteiger charge is -2.31. The zero-order chi connectivity index (χ0) is 23.7. The van der Waals surface area contributed by atoms with Crippen molar-refractivity contribution in [3.63, 3.8) is 0 Å². The third-order valence-electron chi connectivity index (χ3n) is 4.66. The molecule has 0 aliphatic rings. The second kappa shape index (κ2) is 11.9. The molecule has 3 atom stereocenters. The third-order valence-corrected chi connectivity index (χ3v) is 4.66. The Labute approximate surface area is 187 Å². The third kappa shape index (κ3) is 6.58. The molecule has 0 aliphatic heterocycles. The van der Waals surface area contributed by atoms with Crippen molar-refractivity contribution in [3.8, 4) is 17.2 Å². The molecule has 32 heavy (non-hydrogen) atoms. The van der Waals surface area contributed by atoms with Gasteiger partial charge in [-0.15, -0.1) is 0 Å². The lowest BCUT2D eigenvalue weighted by molar-refractivity contribution is -0.161. The molecule has 1 aromatic carbocycles. The Hall–Kier alpha value is -3.33. The monoisotopic (exact) mass is 446 g/mol. The minimum atomic E-state index is -1.02. The van der Waals surface area contributed by atoms with E-state index in [1.54, 1.807) is 0 Å². The van der Waals surface area contributed by atoms with Gasteiger partial charge in [0.15, 0.2) is 23.3 Å². The van der Waals surface area contributed by atoms with E-state index in [0.29, 0.717) is 5.75 Å². The molecule has 0 spiro atoms. The molecule has 2 N–H and O–H groups in total. The molecule has 0 radical (unpaired) electrons. The average molecular weight is 447 g/mol. The van der Waals surface area contributed by atoms with Crippen LogP contribution in [0.3, 0.4) is 0 Å². The van der Waals surface area contributed by atoms with E-state index in [9.17, 15) is 14.7 Å². The van der Waals surface area contributed by atoms with E-state index < -0.39 is 35.9 Å². The van der Waals surface area contributed by atoms with E-state index in [4.69, 9.17) is 18.9 Å². The van der Waals surface area contributed by atoms with Crippen molar-refractivity contribution < 1.29 is 33.6 Å². The number of hydrogen-bond acceptors (Lipinski definition) is 8. The molecule has 0 saturated heterocycles. The molecular weight excluding hydrogens is 416 g/mol. The molecular formula is C23H30N2O7. The van der Waals surface area contributed by atoms with Gasteiger partial charge < -0.3 is 29.4 Å². The number of aromatic hydroxyl groups is 1. The first-order valence-corrected chi connectivity index (χ1v) is 10.2. The number of amides is 1. The highest BCUT2D eigenvalue weighted by Gasteiger charge is 2.32. The normalized spacial score (nSPS) is 13.7. The number of esters is 1. The van der Waals surface area contributed by atoms with Crippen LogP contribution in [0.5, 0.6) is 17.2 Å². The van der Waals surface area contributed by atoms with Crippen LogP contribution in [0.4, 0.5) is 0 Å². The van der Waals surface area contributed by atoms with E-state index in [2.05, 4.69) is 10.3 Å². The topological polar surface area (TPSA) is 116 Å². The summed E-state index contributed by atoms with van der Waals surface area (Å²) in [5.41, 5.74) is -0.259. The number of nitrogens with zero attached hydrogens (tertiary/aromatic N) is 1. The number of nitrogens with one attached hydrogen (secondary N) is 1. The van der Waals surface area contributed by atoms with Crippen LogP contribution in [-0.2, 0) is 14.3 Å². The maximum absolute atomic E-state index is 12.7. The molecule has 0 fully saturated rings. The summed E-state index contributed by atoms with van der Waals surface area (Å²) in [5, 5.41) is 12.6. The summed E-state index contributed by atoms with van der Waals surface area (Å²) in [4.78, 5) is 29.1. The van der Waals surface area contributed by atoms with Crippen molar-refractivity contribution in [2.24, 2.45) is 5.92 Å². The zero-order valence-corrected chi connectivity index (χ0v) is 18.9. The molecule has 2 rings (SSSR count). The summed E-state index contributed by atoms with van der Waals surface area (Å²) in [5.74, 6) is -1.09. The summed E-state index contributed by atoms with van der Waals surface area (Å²) >= 11 is 0. The molecule has 9 heteroatoms. The second-order valence-electron chi connectivity index (χ2n) is 7.48. The Morgan fingerprint density at radius 3 is 2.38 bits per heavy atom. The maximum Gasteiger partial charge on any atom is 0.328 e. The van der Waals surface area contributed by atoms with Gasteiger partial charge in [0, 0.05) is 19.4 Å². The Morgan fingerprint density at radius 1 is 1.09 bits per heavy atom. The highest BCUT2D eigenvalue weighted by atomic mass is 16.6. The largest absolute Gasteiger partial charge is 0.503 e. The fourth-order valence-corrected chi connectivity index (χ4v) is 3.00. The van der Waals surface area contributed by atoms with Gasteiger partial charge in [0.05, 0.1) is 13.7 Å². The van der Waals surface area contributed by atoms with Gasteiger partial charge in [-0.05, 0) is 25.0 Å². The van der Waals surface area contributed by atoms with Crippen molar-refractivity contribution in [1.82, 2.24) is 10.3 Å². The van der Waals surface area contributed by atoms with Crippen LogP contribution >= 0.6 is 0 Å². The van der Waals surface area contributed by atoms with Crippen molar-refractivity contribution >= 4 is 11.9 Å². The van der Waals surface area contributed by atoms with Crippen LogP contribution in [0.2, 0.25) is 0 Å². The minimum Gasteiger partial charge on any atom is -0.503 e. The average Bonchev–Trinajstić information content (AvgIpc) is 2.77. The van der Waals surface area contributed by atoms with Crippen LogP contribution in [-0.4, -0.2) is 61.0 Å². The maximum atomic E-state index is 12.7. The van der Waals surface area contributed by atoms with Crippen LogP contribution < -0.4 is 14.8 Å². The first-order chi connectivity index (χ1) is 15.3. The summed E-state index contributed by atoms with van der Waals surface area (Å²) in [7, 11) is 2.86. The van der Waals surface area contributed by atoms with Crippen LogP contribution in [0.15, 0.2) is 42.6 Å². The lowest BCUT2D eigenvalue weighted by atomic mass is 10.0. The lowest BCUT2D eigenvalue weighted by Crippen LogP contribution is -2.47. The summed E-state index contributed by atoms with van der Waals surface area (Å²) in [6.45, 7) is 5.49. The summed E-state index contributed by atoms with van der Waals surface area (Å²) in [6, 6.07) is 9.61. The van der Waals surface area contributed by atoms with Gasteiger partial charge in [0.2, 0.25) is 0 Å². The predicted molar refractivity (Wildman–Crippen MR) is 117 cm³/mol. The van der Waals surface area contributed by atoms with E-state index in [1.807, 2.05) is 44.2 Å². The van der Waals surface area contributed by atoms with Gasteiger partial charge in [-0.2, -0.15) is 0 Å². The van der Waals surface area contributed by atoms with Crippen LogP contribution in [0.25, 0.3) is 0 Å². The number of carbonyl (C=O) groups is 2. The zero-order valence-electron chi connectivity index (χ0n) is 18.9. The van der Waals surface area contributed by atoms with E-state index in [0.717, 1.165) is 0 Å². The molecule has 0 unspecified atom stereocenters. The molecule has 0 bridgehead atoms. The van der Waals surface area contributed by atoms with Gasteiger partial charge in [0.1, 0.15) is 17.9 Å². The van der Waals surface area contributed by atoms with Gasteiger partial charge in [-0.1, -0.05) is 32.0 Å². The predicted octanol–water partition coefficient (Wildman–Crippen LogP) is 2.58. The van der Waals surface area contributed by atoms with Gasteiger partial charge >= 0.3 is 5.97 Å². The number of aromatic nitrogens is 1. The number of para-hydroxylation sites is 1. The number of benzene rings is 1. The van der Waals surface area contributed by atoms with Crippen molar-refractivity contribution in [2.75, 3.05) is 20.8 Å². The van der Waals surface area contributed by atoms with Crippen molar-refractivity contribution in [3.05, 3.63) is 48.3 Å². The smallest absolute Gasteiger partial charge is 0.328 e. The number of rotatable bonds is 11. The number of hydrogen-bond donors (Lipinski definition) is 2. The number of methoxy groups -OCH3 is 2. The molecule has 9 nitrogen and oxygen atoms in total. The number of pyridine rings is 1. The fraction of sp³-hybridized carbons (Fsp3) is 0.435. The van der Waals surface area contributed by atoms with E-state index in [-0.39, 0.29) is 24.0 Å². The Balaban J connectivity index is 2.09. The standard InChI is InChI=1S/C23H30N2O7/c1-14(2)21(31-16-9-7-6-8-10-16)18(13-29-4)32-23(28)15(3)25-22(27)19-20(26)17(30-5)11-12-24-19/h6-12,14-15,18,21,26H,13H2,1-5H3,(H,25,27)/t15-,18+,21+/m0/s1. The molecule has 174 valence electrons. The van der Waals surface area contributed by atoms with Gasteiger partial charge in [-0.25, -0.2) is 9.78 Å². The van der Waals surface area contributed by atoms with Gasteiger partial charge in [-0.3, -0.25) is 4.79 Å². The summed E-state index contributed by atoms with van der Waals surface area (Å²) in [6.07, 6.45) is 0.128. The molecule has 1 amide bonds. The summed E-state index contributed by atoms with van der Waals surface area (Å²) < 4.78 is 21.9. The number of carbonyl (C=O) groups excluding carboxylic acids is 2. The second-order valence-corrected chi connectivity index (χ2v) is 7.48. The highest BCUT2D eigenvalue weighted by molar-refractivity contribution is 5.97. The van der Waals surface area contributed by atoms with Crippen molar-refractivity contribution in [1.29, 1.82) is 0 Å². The molecule has 2 aromatic rings. The Kier molecular flexibility index (Phi) is 9.27. The molecule has 0 saturated carbocycles. The van der Waals surface area contributed by atoms with Crippen LogP contribution in [0.1, 0.15) is 31.3 Å². The van der Waals surface area contributed by atoms with Crippen molar-refractivity contribution in [2.45, 2.75) is 39.0 Å². The number of ether oxygens (including phenoxy) is 4. The molecule has 1 heterocycles. The quantitative estimate of drug-likeness (QED) is 0.506. The van der Waals surface area contributed by atoms with Gasteiger partial charge in [0.25, 0.3) is 5.91 Å². The molecule has 1 aromatic heterocycles. The van der Waals surface area contributed by atoms with Crippen LogP contribution in [0, 0.1) is 5.92 Å². The van der Waals surface area contributed by atoms with E-state index in [1.165, 1.54) is 33.4 Å². The highest BCUT2D eigenvalue weighted by Crippen LogP contribution is 2.27. The fourth-order valence-electron chi connectivity index (χ4n) is 3.00. The first kappa shape index (κ1) is 24.9.